The highest BCUT2D eigenvalue weighted by molar-refractivity contribution is 7.22. The number of aromatic nitrogens is 4. The summed E-state index contributed by atoms with van der Waals surface area (Å²) in [5.41, 5.74) is 5.18. The number of nitrogens with one attached hydrogen (secondary N) is 1. The van der Waals surface area contributed by atoms with Gasteiger partial charge in [-0.25, -0.2) is 14.4 Å². The Labute approximate surface area is 264 Å². The molecular formula is C32H34ClFN6O3S. The van der Waals surface area contributed by atoms with Crippen LogP contribution in [0.2, 0.25) is 5.02 Å². The van der Waals surface area contributed by atoms with Gasteiger partial charge in [-0.1, -0.05) is 23.7 Å². The number of hydrogen-bond donors (Lipinski definition) is 1. The number of ether oxygens (including phenoxy) is 3. The van der Waals surface area contributed by atoms with Crippen LogP contribution in [-0.2, 0) is 35.5 Å². The summed E-state index contributed by atoms with van der Waals surface area (Å²) in [6.45, 7) is 4.97. The van der Waals surface area contributed by atoms with Crippen molar-refractivity contribution in [1.29, 1.82) is 0 Å². The number of methoxy groups -OCH3 is 2. The number of fused-ring (bicyclic) bond motifs is 5. The number of nitrogens with zero attached hydrogens (tertiary/aromatic N) is 5. The second-order valence-corrected chi connectivity index (χ2v) is 12.0. The van der Waals surface area contributed by atoms with Crippen LogP contribution >= 0.6 is 22.9 Å². The summed E-state index contributed by atoms with van der Waals surface area (Å²) in [5, 5.41) is 9.71. The second-order valence-electron chi connectivity index (χ2n) is 10.6. The van der Waals surface area contributed by atoms with Crippen molar-refractivity contribution in [3.63, 3.8) is 0 Å². The van der Waals surface area contributed by atoms with Gasteiger partial charge in [0, 0.05) is 55.7 Å². The molecule has 3 heterocycles. The Morgan fingerprint density at radius 2 is 1.89 bits per heavy atom. The molecule has 0 saturated carbocycles. The van der Waals surface area contributed by atoms with E-state index in [9.17, 15) is 4.39 Å². The molecule has 3 aromatic heterocycles. The molecule has 0 aliphatic heterocycles. The maximum atomic E-state index is 13.5. The van der Waals surface area contributed by atoms with Crippen molar-refractivity contribution >= 4 is 44.7 Å². The highest BCUT2D eigenvalue weighted by atomic mass is 35.5. The van der Waals surface area contributed by atoms with Gasteiger partial charge in [-0.2, -0.15) is 5.10 Å². The van der Waals surface area contributed by atoms with Crippen molar-refractivity contribution in [1.82, 2.24) is 24.6 Å². The fraction of sp³-hybridized carbons (Fsp3) is 0.344. The van der Waals surface area contributed by atoms with E-state index in [1.54, 1.807) is 50.1 Å². The van der Waals surface area contributed by atoms with Gasteiger partial charge in [0.15, 0.2) is 0 Å². The van der Waals surface area contributed by atoms with Gasteiger partial charge in [0.1, 0.15) is 35.1 Å². The van der Waals surface area contributed by atoms with E-state index in [0.29, 0.717) is 24.0 Å². The second kappa shape index (κ2) is 14.0. The minimum Gasteiger partial charge on any atom is -0.487 e. The molecule has 5 aromatic rings. The third-order valence-corrected chi connectivity index (χ3v) is 9.19. The average molecular weight is 637 g/mol. The Kier molecular flexibility index (Phi) is 9.68. The Morgan fingerprint density at radius 1 is 1.05 bits per heavy atom. The number of anilines is 2. The highest BCUT2D eigenvalue weighted by Gasteiger charge is 2.27. The number of hydrogen-bond acceptors (Lipinski definition) is 9. The van der Waals surface area contributed by atoms with E-state index in [0.717, 1.165) is 66.3 Å². The molecule has 9 nitrogen and oxygen atoms in total. The van der Waals surface area contributed by atoms with E-state index in [1.165, 1.54) is 33.8 Å². The summed E-state index contributed by atoms with van der Waals surface area (Å²) in [5.74, 6) is 0.958. The molecule has 1 aliphatic rings. The molecule has 6 rings (SSSR count). The molecule has 44 heavy (non-hydrogen) atoms. The Morgan fingerprint density at radius 3 is 2.66 bits per heavy atom. The molecule has 2 aromatic carbocycles. The van der Waals surface area contributed by atoms with Crippen LogP contribution < -0.4 is 10.1 Å². The van der Waals surface area contributed by atoms with Gasteiger partial charge in [0.05, 0.1) is 36.4 Å². The summed E-state index contributed by atoms with van der Waals surface area (Å²) in [6.07, 6.45) is 5.34. The van der Waals surface area contributed by atoms with Gasteiger partial charge < -0.3 is 19.5 Å². The van der Waals surface area contributed by atoms with Gasteiger partial charge in [-0.15, -0.1) is 11.3 Å². The summed E-state index contributed by atoms with van der Waals surface area (Å²) in [6, 6.07) is 11.8. The lowest BCUT2D eigenvalue weighted by molar-refractivity contribution is 0.111. The van der Waals surface area contributed by atoms with Crippen molar-refractivity contribution in [2.24, 2.45) is 0 Å². The van der Waals surface area contributed by atoms with Gasteiger partial charge in [-0.05, 0) is 54.3 Å². The maximum Gasteiger partial charge on any atom is 0.142 e. The van der Waals surface area contributed by atoms with E-state index in [2.05, 4.69) is 24.9 Å². The number of thiophene rings is 1. The predicted octanol–water partition coefficient (Wildman–Crippen LogP) is 6.36. The highest BCUT2D eigenvalue weighted by Crippen LogP contribution is 2.45. The van der Waals surface area contributed by atoms with Gasteiger partial charge in [0.25, 0.3) is 0 Å². The minimum absolute atomic E-state index is 0.219. The van der Waals surface area contributed by atoms with Crippen LogP contribution in [-0.4, -0.2) is 71.7 Å². The van der Waals surface area contributed by atoms with E-state index >= 15 is 0 Å². The smallest absolute Gasteiger partial charge is 0.142 e. The summed E-state index contributed by atoms with van der Waals surface area (Å²) >= 11 is 8.24. The Balaban J connectivity index is 1.19. The van der Waals surface area contributed by atoms with Crippen molar-refractivity contribution in [3.8, 4) is 16.2 Å². The number of benzene rings is 2. The molecule has 0 amide bonds. The molecule has 12 heteroatoms. The lowest BCUT2D eigenvalue weighted by Gasteiger charge is -2.22. The Hall–Kier alpha value is -3.61. The van der Waals surface area contributed by atoms with Crippen molar-refractivity contribution < 1.29 is 18.6 Å². The molecular weight excluding hydrogens is 603 g/mol. The first-order valence-corrected chi connectivity index (χ1v) is 15.7. The first kappa shape index (κ1) is 30.4. The Bertz CT molecular complexity index is 1740. The molecule has 1 N–H and O–H groups in total. The molecule has 0 saturated heterocycles. The average Bonchev–Trinajstić information content (AvgIpc) is 3.62. The molecule has 0 spiro atoms. The van der Waals surface area contributed by atoms with E-state index in [4.69, 9.17) is 30.9 Å². The van der Waals surface area contributed by atoms with Gasteiger partial charge >= 0.3 is 0 Å². The van der Waals surface area contributed by atoms with E-state index < -0.39 is 0 Å². The molecule has 0 atom stereocenters. The van der Waals surface area contributed by atoms with E-state index in [-0.39, 0.29) is 12.4 Å². The molecule has 1 aliphatic carbocycles. The zero-order valence-electron chi connectivity index (χ0n) is 24.7. The fourth-order valence-corrected chi connectivity index (χ4v) is 6.93. The van der Waals surface area contributed by atoms with Gasteiger partial charge in [-0.3, -0.25) is 9.58 Å². The quantitative estimate of drug-likeness (QED) is 0.151. The lowest BCUT2D eigenvalue weighted by atomic mass is 9.95. The first-order chi connectivity index (χ1) is 21.5. The monoisotopic (exact) mass is 636 g/mol. The zero-order chi connectivity index (χ0) is 30.5. The maximum absolute atomic E-state index is 13.5. The molecule has 0 radical (unpaired) electrons. The third kappa shape index (κ3) is 6.72. The van der Waals surface area contributed by atoms with Crippen LogP contribution in [0.25, 0.3) is 20.7 Å². The first-order valence-electron chi connectivity index (χ1n) is 14.5. The number of rotatable bonds is 14. The zero-order valence-corrected chi connectivity index (χ0v) is 26.3. The van der Waals surface area contributed by atoms with Gasteiger partial charge in [0.2, 0.25) is 0 Å². The van der Waals surface area contributed by atoms with Crippen LogP contribution in [0.3, 0.4) is 0 Å². The molecule has 0 fully saturated rings. The summed E-state index contributed by atoms with van der Waals surface area (Å²) < 4.78 is 32.1. The summed E-state index contributed by atoms with van der Waals surface area (Å²) in [7, 11) is 3.45. The largest absolute Gasteiger partial charge is 0.487 e. The van der Waals surface area contributed by atoms with Crippen LogP contribution in [0.4, 0.5) is 15.9 Å². The standard InChI is InChI=1S/C32H34ClFN6O3S/c1-41-14-12-39(13-15-42-2)10-11-40-27-8-7-24-29-31(35-20-36-32(29)44-30(24)25(27)18-37-40)38-23-6-9-28(26(33)17-23)43-19-21-4-3-5-22(34)16-21/h3-6,9,16-18,20H,7-8,10-15,19H2,1-2H3,(H,35,36,38). The van der Waals surface area contributed by atoms with E-state index in [1.807, 2.05) is 18.3 Å². The predicted molar refractivity (Wildman–Crippen MR) is 172 cm³/mol. The van der Waals surface area contributed by atoms with Crippen LogP contribution in [0, 0.1) is 5.82 Å². The third-order valence-electron chi connectivity index (χ3n) is 7.72. The lowest BCUT2D eigenvalue weighted by Crippen LogP contribution is -2.34. The van der Waals surface area contributed by atoms with Crippen LogP contribution in [0.5, 0.6) is 5.75 Å². The van der Waals surface area contributed by atoms with Crippen molar-refractivity contribution in [3.05, 3.63) is 82.6 Å². The minimum atomic E-state index is -0.299. The fourth-order valence-electron chi connectivity index (χ4n) is 5.47. The number of aryl methyl sites for hydroxylation is 1. The topological polar surface area (TPSA) is 86.6 Å². The van der Waals surface area contributed by atoms with Crippen molar-refractivity contribution in [2.45, 2.75) is 26.0 Å². The van der Waals surface area contributed by atoms with Crippen LogP contribution in [0.1, 0.15) is 16.8 Å². The SMILES string of the molecule is COCCN(CCOC)CCn1ncc2c1CCc1c-2sc2ncnc(Nc3ccc(OCc4cccc(F)c4)c(Cl)c3)c12. The summed E-state index contributed by atoms with van der Waals surface area (Å²) in [4.78, 5) is 13.7. The van der Waals surface area contributed by atoms with Crippen molar-refractivity contribution in [2.75, 3.05) is 52.4 Å². The normalized spacial score (nSPS) is 12.5. The number of halogens is 2. The molecule has 0 bridgehead atoms. The van der Waals surface area contributed by atoms with Crippen LogP contribution in [0.15, 0.2) is 55.0 Å². The molecule has 0 unspecified atom stereocenters. The molecule has 230 valence electrons.